The van der Waals surface area contributed by atoms with Gasteiger partial charge in [0.2, 0.25) is 5.91 Å². The molecule has 2 aliphatic heterocycles. The standard InChI is InChI=1S/C12H13N3O8S/c1-12(5-13-22-4-6-2-7(16)14-23-6)10(11(18)19)15-8(17)3-9(15)24(12,20)21/h2,5,9-10H,3-4H2,1H3,(H,14,16)(H,18,19)/b13-5-/t9-,10+,12+/m1/s1. The molecule has 11 nitrogen and oxygen atoms in total. The Morgan fingerprint density at radius 1 is 1.62 bits per heavy atom. The maximum Gasteiger partial charge on any atom is 0.328 e. The second kappa shape index (κ2) is 5.19. The molecule has 0 aromatic carbocycles. The van der Waals surface area contributed by atoms with E-state index >= 15 is 0 Å². The Morgan fingerprint density at radius 3 is 2.88 bits per heavy atom. The molecule has 3 atom stereocenters. The Labute approximate surface area is 134 Å². The van der Waals surface area contributed by atoms with Crippen LogP contribution in [0.15, 0.2) is 20.5 Å². The average molecular weight is 359 g/mol. The van der Waals surface area contributed by atoms with Crippen molar-refractivity contribution in [1.82, 2.24) is 10.1 Å². The van der Waals surface area contributed by atoms with Crippen LogP contribution in [0.5, 0.6) is 0 Å². The topological polar surface area (TPSA) is 159 Å². The highest BCUT2D eigenvalue weighted by molar-refractivity contribution is 7.94. The van der Waals surface area contributed by atoms with Gasteiger partial charge in [-0.2, -0.15) is 5.16 Å². The highest BCUT2D eigenvalue weighted by Gasteiger charge is 2.69. The predicted molar refractivity (Wildman–Crippen MR) is 76.6 cm³/mol. The zero-order valence-corrected chi connectivity index (χ0v) is 13.1. The maximum atomic E-state index is 12.5. The van der Waals surface area contributed by atoms with Crippen LogP contribution in [0, 0.1) is 0 Å². The number of aromatic amines is 1. The second-order valence-electron chi connectivity index (χ2n) is 5.62. The fourth-order valence-corrected chi connectivity index (χ4v) is 5.04. The van der Waals surface area contributed by atoms with Crippen molar-refractivity contribution in [2.45, 2.75) is 36.1 Å². The van der Waals surface area contributed by atoms with Gasteiger partial charge in [0, 0.05) is 0 Å². The molecule has 2 fully saturated rings. The van der Waals surface area contributed by atoms with Crippen LogP contribution in [0.2, 0.25) is 0 Å². The average Bonchev–Trinajstić information content (AvgIpc) is 2.95. The molecular weight excluding hydrogens is 346 g/mol. The van der Waals surface area contributed by atoms with E-state index in [1.54, 1.807) is 0 Å². The molecule has 2 aliphatic rings. The number of carbonyl (C=O) groups is 2. The summed E-state index contributed by atoms with van der Waals surface area (Å²) in [6, 6.07) is -0.458. The number of oxime groups is 1. The van der Waals surface area contributed by atoms with Crippen LogP contribution in [0.3, 0.4) is 0 Å². The lowest BCUT2D eigenvalue weighted by atomic mass is 9.98. The van der Waals surface area contributed by atoms with Gasteiger partial charge < -0.3 is 19.4 Å². The number of aliphatic carboxylic acids is 1. The molecule has 0 bridgehead atoms. The van der Waals surface area contributed by atoms with Gasteiger partial charge in [-0.3, -0.25) is 9.59 Å². The summed E-state index contributed by atoms with van der Waals surface area (Å²) in [6.07, 6.45) is 0.613. The SMILES string of the molecule is C[C@]1(/C=N\OCc2cc(=O)[nH]o2)[C@H](C(=O)O)N2C(=O)C[C@H]2S1(=O)=O. The van der Waals surface area contributed by atoms with Crippen LogP contribution >= 0.6 is 0 Å². The minimum Gasteiger partial charge on any atom is -0.480 e. The van der Waals surface area contributed by atoms with Gasteiger partial charge in [0.1, 0.15) is 10.1 Å². The Balaban J connectivity index is 1.83. The molecule has 0 spiro atoms. The first kappa shape index (κ1) is 16.2. The molecule has 0 saturated carbocycles. The van der Waals surface area contributed by atoms with E-state index in [9.17, 15) is 27.9 Å². The van der Waals surface area contributed by atoms with Crippen molar-refractivity contribution in [3.63, 3.8) is 0 Å². The summed E-state index contributed by atoms with van der Waals surface area (Å²) in [7, 11) is -3.98. The number of aromatic nitrogens is 1. The van der Waals surface area contributed by atoms with Gasteiger partial charge >= 0.3 is 5.97 Å². The first-order valence-electron chi connectivity index (χ1n) is 6.80. The number of nitrogens with zero attached hydrogens (tertiary/aromatic N) is 2. The summed E-state index contributed by atoms with van der Waals surface area (Å²) in [6.45, 7) is 0.922. The van der Waals surface area contributed by atoms with Crippen LogP contribution < -0.4 is 5.56 Å². The number of hydrogen-bond acceptors (Lipinski definition) is 8. The molecular formula is C12H13N3O8S. The first-order chi connectivity index (χ1) is 11.2. The molecule has 0 radical (unpaired) electrons. The number of H-pyrrole nitrogens is 1. The van der Waals surface area contributed by atoms with E-state index in [2.05, 4.69) is 5.16 Å². The Bertz CT molecular complexity index is 884. The van der Waals surface area contributed by atoms with Crippen LogP contribution in [0.25, 0.3) is 0 Å². The third-order valence-corrected chi connectivity index (χ3v) is 6.80. The molecule has 0 unspecified atom stereocenters. The van der Waals surface area contributed by atoms with E-state index in [1.807, 2.05) is 5.16 Å². The number of rotatable bonds is 5. The minimum atomic E-state index is -3.98. The number of nitrogens with one attached hydrogen (secondary N) is 1. The zero-order chi connectivity index (χ0) is 17.7. The lowest BCUT2D eigenvalue weighted by Gasteiger charge is -2.35. The number of β-lactam (4-membered cyclic amide) rings is 1. The van der Waals surface area contributed by atoms with Gasteiger partial charge in [0.05, 0.1) is 18.7 Å². The van der Waals surface area contributed by atoms with Crippen molar-refractivity contribution in [2.24, 2.45) is 5.16 Å². The molecule has 3 rings (SSSR count). The smallest absolute Gasteiger partial charge is 0.328 e. The molecule has 130 valence electrons. The number of sulfone groups is 1. The number of hydrogen-bond donors (Lipinski definition) is 2. The van der Waals surface area contributed by atoms with Crippen LogP contribution in [-0.2, 0) is 30.9 Å². The summed E-state index contributed by atoms with van der Waals surface area (Å²) >= 11 is 0. The summed E-state index contributed by atoms with van der Waals surface area (Å²) in [5.74, 6) is -1.85. The summed E-state index contributed by atoms with van der Waals surface area (Å²) in [4.78, 5) is 39.6. The highest BCUT2D eigenvalue weighted by Crippen LogP contribution is 2.45. The highest BCUT2D eigenvalue weighted by atomic mass is 32.2. The molecule has 2 saturated heterocycles. The third-order valence-electron chi connectivity index (χ3n) is 4.14. The predicted octanol–water partition coefficient (Wildman–Crippen LogP) is -1.33. The van der Waals surface area contributed by atoms with Gasteiger partial charge in [0.15, 0.2) is 28.2 Å². The number of carboxylic acids is 1. The van der Waals surface area contributed by atoms with Crippen molar-refractivity contribution in [3.8, 4) is 0 Å². The quantitative estimate of drug-likeness (QED) is 0.371. The first-order valence-corrected chi connectivity index (χ1v) is 8.34. The maximum absolute atomic E-state index is 12.5. The summed E-state index contributed by atoms with van der Waals surface area (Å²) in [5, 5.41) is 13.7. The molecule has 12 heteroatoms. The minimum absolute atomic E-state index is 0.130. The Hall–Kier alpha value is -2.63. The third kappa shape index (κ3) is 2.13. The van der Waals surface area contributed by atoms with E-state index in [1.165, 1.54) is 6.92 Å². The van der Waals surface area contributed by atoms with Crippen molar-refractivity contribution in [3.05, 3.63) is 22.2 Å². The van der Waals surface area contributed by atoms with Crippen molar-refractivity contribution < 1.29 is 32.5 Å². The number of carboxylic acid groups (broad SMARTS) is 1. The molecule has 1 aromatic rings. The van der Waals surface area contributed by atoms with E-state index in [-0.39, 0.29) is 18.8 Å². The van der Waals surface area contributed by atoms with E-state index in [0.29, 0.717) is 0 Å². The number of carbonyl (C=O) groups excluding carboxylic acids is 1. The molecule has 0 aliphatic carbocycles. The van der Waals surface area contributed by atoms with E-state index in [4.69, 9.17) is 9.36 Å². The Morgan fingerprint density at radius 2 is 2.33 bits per heavy atom. The fourth-order valence-electron chi connectivity index (χ4n) is 2.84. The van der Waals surface area contributed by atoms with Crippen molar-refractivity contribution in [2.75, 3.05) is 0 Å². The summed E-state index contributed by atoms with van der Waals surface area (Å²) in [5.41, 5.74) is -0.475. The molecule has 2 N–H and O–H groups in total. The van der Waals surface area contributed by atoms with E-state index in [0.717, 1.165) is 17.2 Å². The molecule has 24 heavy (non-hydrogen) atoms. The fraction of sp³-hybridized carbons (Fsp3) is 0.500. The molecule has 1 aromatic heterocycles. The molecule has 1 amide bonds. The van der Waals surface area contributed by atoms with Gasteiger partial charge in [-0.15, -0.1) is 0 Å². The Kier molecular flexibility index (Phi) is 3.51. The van der Waals surface area contributed by atoms with Gasteiger partial charge in [-0.25, -0.2) is 13.2 Å². The van der Waals surface area contributed by atoms with E-state index < -0.39 is 43.4 Å². The monoisotopic (exact) mass is 359 g/mol. The van der Waals surface area contributed by atoms with Crippen LogP contribution in [0.4, 0.5) is 0 Å². The van der Waals surface area contributed by atoms with Crippen molar-refractivity contribution in [1.29, 1.82) is 0 Å². The zero-order valence-electron chi connectivity index (χ0n) is 12.3. The lowest BCUT2D eigenvalue weighted by molar-refractivity contribution is -0.156. The lowest BCUT2D eigenvalue weighted by Crippen LogP contribution is -2.57. The normalized spacial score (nSPS) is 31.0. The summed E-state index contributed by atoms with van der Waals surface area (Å²) < 4.78 is 27.9. The second-order valence-corrected chi connectivity index (χ2v) is 8.13. The van der Waals surface area contributed by atoms with Gasteiger partial charge in [0.25, 0.3) is 5.56 Å². The van der Waals surface area contributed by atoms with Gasteiger partial charge in [-0.05, 0) is 6.92 Å². The van der Waals surface area contributed by atoms with Crippen LogP contribution in [0.1, 0.15) is 19.1 Å². The molecule has 3 heterocycles. The number of fused-ring (bicyclic) bond motifs is 1. The van der Waals surface area contributed by atoms with Crippen LogP contribution in [-0.4, -0.2) is 57.8 Å². The van der Waals surface area contributed by atoms with Gasteiger partial charge in [-0.1, -0.05) is 5.16 Å². The number of amides is 1. The van der Waals surface area contributed by atoms with Crippen molar-refractivity contribution >= 4 is 27.9 Å². The largest absolute Gasteiger partial charge is 0.480 e.